The third-order valence-corrected chi connectivity index (χ3v) is 11.1. The summed E-state index contributed by atoms with van der Waals surface area (Å²) in [6.45, 7) is 0. The number of anilines is 1. The fourth-order valence-electron chi connectivity index (χ4n) is 8.21. The summed E-state index contributed by atoms with van der Waals surface area (Å²) in [7, 11) is 0. The van der Waals surface area contributed by atoms with E-state index in [0.717, 1.165) is 72.8 Å². The van der Waals surface area contributed by atoms with Crippen molar-refractivity contribution in [1.29, 1.82) is 0 Å². The van der Waals surface area contributed by atoms with Gasteiger partial charge in [0.05, 0.1) is 16.9 Å². The highest BCUT2D eigenvalue weighted by atomic mass is 16.5. The number of hydrogen-bond acceptors (Lipinski definition) is 4. The van der Waals surface area contributed by atoms with E-state index in [1.165, 1.54) is 32.7 Å². The third kappa shape index (κ3) is 5.96. The first kappa shape index (κ1) is 32.8. The largest absolute Gasteiger partial charge is 0.464 e. The molecule has 0 saturated heterocycles. The van der Waals surface area contributed by atoms with Gasteiger partial charge in [0.15, 0.2) is 12.1 Å². The van der Waals surface area contributed by atoms with Crippen LogP contribution < -0.4 is 10.1 Å². The smallest absolute Gasteiger partial charge is 0.196 e. The normalized spacial score (nSPS) is 13.4. The van der Waals surface area contributed by atoms with Crippen LogP contribution in [-0.2, 0) is 0 Å². The molecule has 4 nitrogen and oxygen atoms in total. The zero-order valence-corrected chi connectivity index (χ0v) is 30.9. The molecule has 0 radical (unpaired) electrons. The molecule has 1 aliphatic rings. The molecule has 4 heteroatoms. The Morgan fingerprint density at radius 2 is 1.07 bits per heavy atom. The molecule has 0 amide bonds. The first-order chi connectivity index (χ1) is 28.2. The van der Waals surface area contributed by atoms with Gasteiger partial charge in [-0.15, -0.1) is 0 Å². The molecule has 57 heavy (non-hydrogen) atoms. The predicted octanol–water partition coefficient (Wildman–Crippen LogP) is 13.8. The molecule has 1 atom stereocenters. The SMILES string of the molecule is c1ccc(-c2nc(-c3ccc(-c4c(-c5ccc(-c6ccc7c(c6)OC(c6ccc8ccccc8c6)N7)cc5)ccc5ccccc45)cc3)c3ccccc3n2)cc1. The van der Waals surface area contributed by atoms with Crippen molar-refractivity contribution in [1.82, 2.24) is 9.97 Å². The Morgan fingerprint density at radius 3 is 1.91 bits per heavy atom. The molecule has 1 aromatic heterocycles. The lowest BCUT2D eigenvalue weighted by Crippen LogP contribution is -2.09. The number of nitrogens with one attached hydrogen (secondary N) is 1. The van der Waals surface area contributed by atoms with Gasteiger partial charge < -0.3 is 10.1 Å². The van der Waals surface area contributed by atoms with E-state index in [1.54, 1.807) is 0 Å². The number of nitrogens with zero attached hydrogens (tertiary/aromatic N) is 2. The molecule has 0 fully saturated rings. The molecular formula is C53H35N3O. The minimum atomic E-state index is -0.227. The molecular weight excluding hydrogens is 695 g/mol. The molecule has 268 valence electrons. The molecule has 0 aliphatic carbocycles. The fourth-order valence-corrected chi connectivity index (χ4v) is 8.21. The van der Waals surface area contributed by atoms with E-state index in [-0.39, 0.29) is 6.23 Å². The molecule has 2 heterocycles. The molecule has 0 bridgehead atoms. The number of aromatic nitrogens is 2. The first-order valence-corrected chi connectivity index (χ1v) is 19.3. The van der Waals surface area contributed by atoms with E-state index in [2.05, 4.69) is 181 Å². The second kappa shape index (κ2) is 13.6. The Balaban J connectivity index is 0.922. The van der Waals surface area contributed by atoms with Crippen LogP contribution in [0.5, 0.6) is 5.75 Å². The lowest BCUT2D eigenvalue weighted by Gasteiger charge is -2.16. The summed E-state index contributed by atoms with van der Waals surface area (Å²) in [4.78, 5) is 10.0. The molecule has 1 unspecified atom stereocenters. The Hall–Kier alpha value is -7.56. The van der Waals surface area contributed by atoms with Crippen molar-refractivity contribution in [3.63, 3.8) is 0 Å². The van der Waals surface area contributed by atoms with Crippen molar-refractivity contribution in [3.05, 3.63) is 206 Å². The second-order valence-corrected chi connectivity index (χ2v) is 14.6. The van der Waals surface area contributed by atoms with Gasteiger partial charge in [-0.25, -0.2) is 9.97 Å². The second-order valence-electron chi connectivity index (χ2n) is 14.6. The quantitative estimate of drug-likeness (QED) is 0.185. The average Bonchev–Trinajstić information content (AvgIpc) is 3.72. The molecule has 11 rings (SSSR count). The maximum atomic E-state index is 6.47. The van der Waals surface area contributed by atoms with Crippen LogP contribution in [0.4, 0.5) is 5.69 Å². The summed E-state index contributed by atoms with van der Waals surface area (Å²) in [5.74, 6) is 1.59. The van der Waals surface area contributed by atoms with Gasteiger partial charge in [0.2, 0.25) is 0 Å². The van der Waals surface area contributed by atoms with Gasteiger partial charge in [-0.3, -0.25) is 0 Å². The van der Waals surface area contributed by atoms with Crippen LogP contribution in [0.3, 0.4) is 0 Å². The van der Waals surface area contributed by atoms with E-state index >= 15 is 0 Å². The highest BCUT2D eigenvalue weighted by Gasteiger charge is 2.24. The standard InChI is InChI=1S/C53H35N3O/c1-2-12-40(13-3-1)52-54-47-17-9-8-16-46(47)51(56-52)39-25-23-38(24-26-39)50-44-15-7-6-11-36(44)28-30-45(50)37-21-18-35(19-22-37)42-29-31-48-49(33-42)57-53(55-48)43-27-20-34-10-4-5-14-41(34)32-43/h1-33,53,55H. The van der Waals surface area contributed by atoms with E-state index in [0.29, 0.717) is 0 Å². The van der Waals surface area contributed by atoms with Gasteiger partial charge in [0.1, 0.15) is 5.75 Å². The van der Waals surface area contributed by atoms with Crippen LogP contribution in [-0.4, -0.2) is 9.97 Å². The van der Waals surface area contributed by atoms with Crippen molar-refractivity contribution in [3.8, 4) is 61.8 Å². The summed E-state index contributed by atoms with van der Waals surface area (Å²) in [5, 5.41) is 9.45. The van der Waals surface area contributed by atoms with Crippen molar-refractivity contribution >= 4 is 38.1 Å². The van der Waals surface area contributed by atoms with Gasteiger partial charge in [-0.2, -0.15) is 0 Å². The Labute approximate surface area is 330 Å². The van der Waals surface area contributed by atoms with E-state index < -0.39 is 0 Å². The van der Waals surface area contributed by atoms with Gasteiger partial charge >= 0.3 is 0 Å². The van der Waals surface area contributed by atoms with Gasteiger partial charge in [0.25, 0.3) is 0 Å². The van der Waals surface area contributed by atoms with Crippen LogP contribution >= 0.6 is 0 Å². The van der Waals surface area contributed by atoms with E-state index in [4.69, 9.17) is 14.7 Å². The summed E-state index contributed by atoms with van der Waals surface area (Å²) in [6, 6.07) is 70.7. The molecule has 0 spiro atoms. The summed E-state index contributed by atoms with van der Waals surface area (Å²) in [6.07, 6.45) is -0.227. The van der Waals surface area contributed by atoms with Crippen molar-refractivity contribution in [2.24, 2.45) is 0 Å². The highest BCUT2D eigenvalue weighted by molar-refractivity contribution is 6.04. The number of hydrogen-bond donors (Lipinski definition) is 1. The monoisotopic (exact) mass is 729 g/mol. The van der Waals surface area contributed by atoms with Gasteiger partial charge in [-0.05, 0) is 79.2 Å². The van der Waals surface area contributed by atoms with Gasteiger partial charge in [-0.1, -0.05) is 176 Å². The molecule has 1 aliphatic heterocycles. The first-order valence-electron chi connectivity index (χ1n) is 19.3. The predicted molar refractivity (Wildman–Crippen MR) is 235 cm³/mol. The van der Waals surface area contributed by atoms with Crippen molar-refractivity contribution in [2.75, 3.05) is 5.32 Å². The van der Waals surface area contributed by atoms with E-state index in [1.807, 2.05) is 24.3 Å². The topological polar surface area (TPSA) is 47.0 Å². The number of fused-ring (bicyclic) bond motifs is 4. The lowest BCUT2D eigenvalue weighted by molar-refractivity contribution is 0.260. The summed E-state index contributed by atoms with van der Waals surface area (Å²) >= 11 is 0. The molecule has 0 saturated carbocycles. The zero-order chi connectivity index (χ0) is 37.7. The molecule has 9 aromatic carbocycles. The number of rotatable bonds is 6. The Bertz CT molecular complexity index is 3120. The molecule has 1 N–H and O–H groups in total. The maximum absolute atomic E-state index is 6.47. The third-order valence-electron chi connectivity index (χ3n) is 11.1. The minimum absolute atomic E-state index is 0.227. The van der Waals surface area contributed by atoms with Crippen LogP contribution in [0.15, 0.2) is 200 Å². The average molecular weight is 730 g/mol. The lowest BCUT2D eigenvalue weighted by atomic mass is 9.88. The number of para-hydroxylation sites is 1. The Kier molecular flexibility index (Phi) is 7.85. The van der Waals surface area contributed by atoms with Crippen molar-refractivity contribution in [2.45, 2.75) is 6.23 Å². The van der Waals surface area contributed by atoms with Crippen LogP contribution in [0.2, 0.25) is 0 Å². The number of ether oxygens (including phenoxy) is 1. The minimum Gasteiger partial charge on any atom is -0.464 e. The van der Waals surface area contributed by atoms with Crippen LogP contribution in [0, 0.1) is 0 Å². The van der Waals surface area contributed by atoms with Gasteiger partial charge in [0, 0.05) is 22.1 Å². The Morgan fingerprint density at radius 1 is 0.421 bits per heavy atom. The van der Waals surface area contributed by atoms with Crippen LogP contribution in [0.1, 0.15) is 11.8 Å². The summed E-state index contributed by atoms with van der Waals surface area (Å²) in [5.41, 5.74) is 13.0. The summed E-state index contributed by atoms with van der Waals surface area (Å²) < 4.78 is 6.47. The highest BCUT2D eigenvalue weighted by Crippen LogP contribution is 2.43. The number of benzene rings is 9. The van der Waals surface area contributed by atoms with Crippen molar-refractivity contribution < 1.29 is 4.74 Å². The fraction of sp³-hybridized carbons (Fsp3) is 0.0189. The zero-order valence-electron chi connectivity index (χ0n) is 30.9. The van der Waals surface area contributed by atoms with E-state index in [9.17, 15) is 0 Å². The maximum Gasteiger partial charge on any atom is 0.196 e. The van der Waals surface area contributed by atoms with Crippen LogP contribution in [0.25, 0.3) is 88.5 Å². The molecule has 10 aromatic rings.